The summed E-state index contributed by atoms with van der Waals surface area (Å²) in [5.74, 6) is 2.39. The van der Waals surface area contributed by atoms with Crippen LogP contribution in [0.4, 0.5) is 17.3 Å². The Bertz CT molecular complexity index is 816. The van der Waals surface area contributed by atoms with E-state index in [1.807, 2.05) is 37.3 Å². The van der Waals surface area contributed by atoms with E-state index in [-0.39, 0.29) is 12.3 Å². The van der Waals surface area contributed by atoms with E-state index in [1.54, 1.807) is 24.4 Å². The lowest BCUT2D eigenvalue weighted by atomic mass is 10.3. The lowest BCUT2D eigenvalue weighted by Crippen LogP contribution is -2.15. The lowest BCUT2D eigenvalue weighted by molar-refractivity contribution is -0.116. The molecule has 0 saturated carbocycles. The van der Waals surface area contributed by atoms with Crippen LogP contribution in [0, 0.1) is 6.92 Å². The molecule has 1 amide bonds. The Morgan fingerprint density at radius 3 is 2.68 bits per heavy atom. The van der Waals surface area contributed by atoms with E-state index >= 15 is 0 Å². The van der Waals surface area contributed by atoms with Gasteiger partial charge in [0.2, 0.25) is 5.91 Å². The van der Waals surface area contributed by atoms with E-state index in [4.69, 9.17) is 9.26 Å². The molecule has 7 heteroatoms. The third-order valence-corrected chi connectivity index (χ3v) is 3.27. The fourth-order valence-corrected chi connectivity index (χ4v) is 2.10. The number of hydrogen-bond acceptors (Lipinski definition) is 6. The molecule has 2 aromatic heterocycles. The highest BCUT2D eigenvalue weighted by Gasteiger charge is 2.05. The molecule has 7 nitrogen and oxygen atoms in total. The summed E-state index contributed by atoms with van der Waals surface area (Å²) in [4.78, 5) is 16.1. The van der Waals surface area contributed by atoms with Crippen molar-refractivity contribution in [1.29, 1.82) is 0 Å². The Labute approximate surface area is 145 Å². The van der Waals surface area contributed by atoms with Crippen LogP contribution in [0.15, 0.2) is 59.3 Å². The maximum Gasteiger partial charge on any atom is 0.228 e. The molecule has 1 aromatic carbocycles. The molecule has 0 saturated heterocycles. The Balaban J connectivity index is 1.45. The molecule has 0 radical (unpaired) electrons. The summed E-state index contributed by atoms with van der Waals surface area (Å²) < 4.78 is 10.5. The molecule has 2 N–H and O–H groups in total. The second-order valence-corrected chi connectivity index (χ2v) is 5.34. The summed E-state index contributed by atoms with van der Waals surface area (Å²) in [6.07, 6.45) is 1.86. The quantitative estimate of drug-likeness (QED) is 0.685. The van der Waals surface area contributed by atoms with Gasteiger partial charge >= 0.3 is 0 Å². The molecule has 2 heterocycles. The van der Waals surface area contributed by atoms with Crippen molar-refractivity contribution in [3.8, 4) is 5.75 Å². The summed E-state index contributed by atoms with van der Waals surface area (Å²) in [6.45, 7) is 2.12. The average molecular weight is 338 g/mol. The van der Waals surface area contributed by atoms with Crippen LogP contribution in [0.3, 0.4) is 0 Å². The summed E-state index contributed by atoms with van der Waals surface area (Å²) >= 11 is 0. The van der Waals surface area contributed by atoms with Crippen LogP contribution >= 0.6 is 0 Å². The first-order chi connectivity index (χ1) is 12.2. The monoisotopic (exact) mass is 338 g/mol. The van der Waals surface area contributed by atoms with Crippen molar-refractivity contribution in [2.45, 2.75) is 13.3 Å². The molecule has 3 rings (SSSR count). The van der Waals surface area contributed by atoms with Crippen molar-refractivity contribution in [3.05, 3.63) is 60.5 Å². The SMILES string of the molecule is Cc1cc(Nc2ccc(NC(=O)CCOc3ccccc3)nc2)no1. The number of nitrogens with zero attached hydrogens (tertiary/aromatic N) is 2. The van der Waals surface area contributed by atoms with Gasteiger partial charge in [-0.1, -0.05) is 23.4 Å². The summed E-state index contributed by atoms with van der Waals surface area (Å²) in [7, 11) is 0. The average Bonchev–Trinajstić information content (AvgIpc) is 3.02. The zero-order chi connectivity index (χ0) is 17.5. The first kappa shape index (κ1) is 16.5. The highest BCUT2D eigenvalue weighted by molar-refractivity contribution is 5.89. The number of amides is 1. The van der Waals surface area contributed by atoms with E-state index in [9.17, 15) is 4.79 Å². The third kappa shape index (κ3) is 5.07. The van der Waals surface area contributed by atoms with Crippen LogP contribution in [0.2, 0.25) is 0 Å². The zero-order valence-corrected chi connectivity index (χ0v) is 13.7. The van der Waals surface area contributed by atoms with Gasteiger partial charge in [0.15, 0.2) is 5.82 Å². The summed E-state index contributed by atoms with van der Waals surface area (Å²) in [6, 6.07) is 14.7. The minimum atomic E-state index is -0.156. The summed E-state index contributed by atoms with van der Waals surface area (Å²) in [5, 5.41) is 9.63. The molecular formula is C18H18N4O3. The maximum atomic E-state index is 11.9. The molecule has 0 spiro atoms. The van der Waals surface area contributed by atoms with Gasteiger partial charge < -0.3 is 19.9 Å². The van der Waals surface area contributed by atoms with Gasteiger partial charge in [0.1, 0.15) is 17.3 Å². The Kier molecular flexibility index (Phi) is 5.26. The molecule has 0 aliphatic rings. The van der Waals surface area contributed by atoms with E-state index < -0.39 is 0 Å². The summed E-state index contributed by atoms with van der Waals surface area (Å²) in [5.41, 5.74) is 0.749. The van der Waals surface area contributed by atoms with Gasteiger partial charge in [-0.25, -0.2) is 4.98 Å². The van der Waals surface area contributed by atoms with E-state index in [2.05, 4.69) is 20.8 Å². The van der Waals surface area contributed by atoms with E-state index in [1.165, 1.54) is 0 Å². The number of ether oxygens (including phenoxy) is 1. The standard InChI is InChI=1S/C18H18N4O3/c1-13-11-17(22-25-13)20-14-7-8-16(19-12-14)21-18(23)9-10-24-15-5-3-2-4-6-15/h2-8,11-12H,9-10H2,1H3,(H,20,22)(H,19,21,23). The van der Waals surface area contributed by atoms with E-state index in [0.717, 1.165) is 17.2 Å². The number of pyridine rings is 1. The Hall–Kier alpha value is -3.35. The van der Waals surface area contributed by atoms with Gasteiger partial charge in [0.05, 0.1) is 24.9 Å². The molecule has 3 aromatic rings. The molecule has 0 fully saturated rings. The highest BCUT2D eigenvalue weighted by atomic mass is 16.5. The number of hydrogen-bond donors (Lipinski definition) is 2. The Morgan fingerprint density at radius 2 is 2.00 bits per heavy atom. The second kappa shape index (κ2) is 7.96. The highest BCUT2D eigenvalue weighted by Crippen LogP contribution is 2.16. The zero-order valence-electron chi connectivity index (χ0n) is 13.7. The van der Waals surface area contributed by atoms with Gasteiger partial charge in [-0.2, -0.15) is 0 Å². The second-order valence-electron chi connectivity index (χ2n) is 5.34. The first-order valence-electron chi connectivity index (χ1n) is 7.83. The number of aryl methyl sites for hydroxylation is 1. The van der Waals surface area contributed by atoms with Gasteiger partial charge in [-0.05, 0) is 31.2 Å². The third-order valence-electron chi connectivity index (χ3n) is 3.27. The van der Waals surface area contributed by atoms with E-state index in [0.29, 0.717) is 18.2 Å². The Morgan fingerprint density at radius 1 is 1.16 bits per heavy atom. The molecule has 0 atom stereocenters. The number of nitrogens with one attached hydrogen (secondary N) is 2. The number of para-hydroxylation sites is 1. The molecule has 0 aliphatic heterocycles. The maximum absolute atomic E-state index is 11.9. The number of carbonyl (C=O) groups is 1. The van der Waals surface area contributed by atoms with Crippen molar-refractivity contribution < 1.29 is 14.1 Å². The largest absolute Gasteiger partial charge is 0.493 e. The number of aromatic nitrogens is 2. The fraction of sp³-hybridized carbons (Fsp3) is 0.167. The number of carbonyl (C=O) groups excluding carboxylic acids is 1. The number of anilines is 3. The van der Waals surface area contributed by atoms with Crippen molar-refractivity contribution in [2.24, 2.45) is 0 Å². The van der Waals surface area contributed by atoms with Crippen LogP contribution in [-0.4, -0.2) is 22.7 Å². The van der Waals surface area contributed by atoms with Crippen molar-refractivity contribution in [1.82, 2.24) is 10.1 Å². The predicted molar refractivity (Wildman–Crippen MR) is 93.9 cm³/mol. The van der Waals surface area contributed by atoms with Crippen LogP contribution in [-0.2, 0) is 4.79 Å². The van der Waals surface area contributed by atoms with Crippen LogP contribution < -0.4 is 15.4 Å². The van der Waals surface area contributed by atoms with Crippen molar-refractivity contribution in [3.63, 3.8) is 0 Å². The van der Waals surface area contributed by atoms with Gasteiger partial charge in [0, 0.05) is 6.07 Å². The molecular weight excluding hydrogens is 320 g/mol. The molecule has 128 valence electrons. The van der Waals surface area contributed by atoms with Crippen molar-refractivity contribution >= 4 is 23.2 Å². The minimum absolute atomic E-state index is 0.156. The number of benzene rings is 1. The van der Waals surface area contributed by atoms with Gasteiger partial charge in [-0.3, -0.25) is 4.79 Å². The normalized spacial score (nSPS) is 10.3. The van der Waals surface area contributed by atoms with Crippen LogP contribution in [0.5, 0.6) is 5.75 Å². The van der Waals surface area contributed by atoms with Gasteiger partial charge in [-0.15, -0.1) is 0 Å². The van der Waals surface area contributed by atoms with Crippen LogP contribution in [0.1, 0.15) is 12.2 Å². The molecule has 0 aliphatic carbocycles. The van der Waals surface area contributed by atoms with Gasteiger partial charge in [0.25, 0.3) is 0 Å². The topological polar surface area (TPSA) is 89.3 Å². The first-order valence-corrected chi connectivity index (χ1v) is 7.83. The lowest BCUT2D eigenvalue weighted by Gasteiger charge is -2.07. The molecule has 0 bridgehead atoms. The number of rotatable bonds is 7. The van der Waals surface area contributed by atoms with Crippen LogP contribution in [0.25, 0.3) is 0 Å². The molecule has 0 unspecified atom stereocenters. The predicted octanol–water partition coefficient (Wildman–Crippen LogP) is 3.53. The smallest absolute Gasteiger partial charge is 0.228 e. The van der Waals surface area contributed by atoms with Crippen molar-refractivity contribution in [2.75, 3.05) is 17.2 Å². The fourth-order valence-electron chi connectivity index (χ4n) is 2.10. The molecule has 25 heavy (non-hydrogen) atoms. The minimum Gasteiger partial charge on any atom is -0.493 e.